The van der Waals surface area contributed by atoms with Crippen LogP contribution in [-0.4, -0.2) is 19.1 Å². The molecule has 0 bridgehead atoms. The molecule has 3 rings (SSSR count). The highest BCUT2D eigenvalue weighted by Crippen LogP contribution is 2.22. The number of imidazole rings is 1. The molecule has 0 amide bonds. The molecule has 0 unspecified atom stereocenters. The molecule has 27 heavy (non-hydrogen) atoms. The monoisotopic (exact) mass is 497 g/mol. The van der Waals surface area contributed by atoms with Crippen LogP contribution in [0.5, 0.6) is 0 Å². The van der Waals surface area contributed by atoms with Crippen LogP contribution in [0.15, 0.2) is 11.0 Å². The second-order valence-corrected chi connectivity index (χ2v) is 7.53. The third-order valence-corrected chi connectivity index (χ3v) is 6.20. The number of hydrogen-bond donors (Lipinski definition) is 1. The van der Waals surface area contributed by atoms with Crippen LogP contribution in [0.3, 0.4) is 0 Å². The molecule has 3 aromatic rings. The van der Waals surface area contributed by atoms with Crippen molar-refractivity contribution in [2.45, 2.75) is 40.3 Å². The minimum atomic E-state index is -0.249. The molecular formula is C18H19ClIN6O+. The van der Waals surface area contributed by atoms with E-state index in [1.165, 1.54) is 4.57 Å². The number of pyridine rings is 1. The van der Waals surface area contributed by atoms with Gasteiger partial charge in [0.15, 0.2) is 17.0 Å². The summed E-state index contributed by atoms with van der Waals surface area (Å²) < 4.78 is 4.20. The van der Waals surface area contributed by atoms with Crippen molar-refractivity contribution >= 4 is 51.3 Å². The third kappa shape index (κ3) is 3.66. The Bertz CT molecular complexity index is 1150. The molecule has 0 radical (unpaired) electrons. The van der Waals surface area contributed by atoms with E-state index in [-0.39, 0.29) is 23.3 Å². The first-order valence-corrected chi connectivity index (χ1v) is 9.84. The van der Waals surface area contributed by atoms with Crippen LogP contribution in [-0.2, 0) is 13.1 Å². The molecule has 0 saturated carbocycles. The van der Waals surface area contributed by atoms with Gasteiger partial charge >= 0.3 is 5.69 Å². The number of nitrogens with two attached hydrogens (primary N) is 1. The van der Waals surface area contributed by atoms with Crippen LogP contribution in [0.25, 0.3) is 11.2 Å². The zero-order chi connectivity index (χ0) is 19.7. The maximum Gasteiger partial charge on any atom is 0.331 e. The van der Waals surface area contributed by atoms with E-state index in [0.717, 1.165) is 20.4 Å². The van der Waals surface area contributed by atoms with Crippen LogP contribution < -0.4 is 16.4 Å². The molecule has 0 aliphatic carbocycles. The zero-order valence-electron chi connectivity index (χ0n) is 15.2. The molecule has 0 aliphatic heterocycles. The number of halogens is 2. The van der Waals surface area contributed by atoms with Gasteiger partial charge in [0, 0.05) is 21.1 Å². The summed E-state index contributed by atoms with van der Waals surface area (Å²) in [6.07, 6.45) is 2.64. The molecule has 0 fully saturated rings. The number of nitrogens with one attached hydrogen (secondary N) is 1. The predicted molar refractivity (Wildman–Crippen MR) is 114 cm³/mol. The number of aromatic nitrogens is 5. The van der Waals surface area contributed by atoms with Crippen molar-refractivity contribution in [3.05, 3.63) is 42.2 Å². The second-order valence-electron chi connectivity index (χ2n) is 6.10. The molecule has 7 nitrogen and oxygen atoms in total. The molecule has 3 heterocycles. The Hall–Kier alpha value is -2.12. The number of H-pyrrole nitrogens is 1. The van der Waals surface area contributed by atoms with Crippen LogP contribution in [0.1, 0.15) is 30.2 Å². The average molecular weight is 498 g/mol. The van der Waals surface area contributed by atoms with E-state index in [0.29, 0.717) is 24.1 Å². The van der Waals surface area contributed by atoms with Crippen LogP contribution in [0.2, 0.25) is 5.15 Å². The van der Waals surface area contributed by atoms with E-state index in [9.17, 15) is 4.79 Å². The smallest absolute Gasteiger partial charge is 0.331 e. The van der Waals surface area contributed by atoms with E-state index in [2.05, 4.69) is 49.4 Å². The Morgan fingerprint density at radius 3 is 2.74 bits per heavy atom. The van der Waals surface area contributed by atoms with Crippen molar-refractivity contribution in [2.24, 2.45) is 0 Å². The molecule has 9 heteroatoms. The summed E-state index contributed by atoms with van der Waals surface area (Å²) in [4.78, 5) is 24.6. The topological polar surface area (TPSA) is 92.9 Å². The highest BCUT2D eigenvalue weighted by Gasteiger charge is 2.22. The average Bonchev–Trinajstić information content (AvgIpc) is 2.88. The van der Waals surface area contributed by atoms with Crippen molar-refractivity contribution in [3.8, 4) is 11.8 Å². The Morgan fingerprint density at radius 1 is 1.30 bits per heavy atom. The van der Waals surface area contributed by atoms with Gasteiger partial charge in [0.1, 0.15) is 12.1 Å². The number of anilines is 1. The molecule has 0 aromatic carbocycles. The van der Waals surface area contributed by atoms with Gasteiger partial charge in [-0.1, -0.05) is 24.4 Å². The van der Waals surface area contributed by atoms with Crippen molar-refractivity contribution < 1.29 is 4.98 Å². The lowest BCUT2D eigenvalue weighted by Crippen LogP contribution is -2.28. The normalized spacial score (nSPS) is 10.9. The van der Waals surface area contributed by atoms with Crippen molar-refractivity contribution in [1.29, 1.82) is 0 Å². The van der Waals surface area contributed by atoms with Crippen molar-refractivity contribution in [1.82, 2.24) is 19.1 Å². The zero-order valence-corrected chi connectivity index (χ0v) is 18.1. The van der Waals surface area contributed by atoms with Crippen LogP contribution in [0.4, 0.5) is 5.95 Å². The summed E-state index contributed by atoms with van der Waals surface area (Å²) in [6, 6.07) is 0. The van der Waals surface area contributed by atoms with Gasteiger partial charge in [-0.2, -0.15) is 9.97 Å². The molecule has 0 saturated heterocycles. The molecular weight excluding hydrogens is 479 g/mol. The number of rotatable bonds is 3. The Kier molecular flexibility index (Phi) is 5.72. The minimum absolute atomic E-state index is 0.0252. The molecule has 140 valence electrons. The van der Waals surface area contributed by atoms with E-state index in [1.54, 1.807) is 4.57 Å². The summed E-state index contributed by atoms with van der Waals surface area (Å²) in [5.41, 5.74) is 9.52. The maximum atomic E-state index is 13.1. The number of hydrogen-bond acceptors (Lipinski definition) is 4. The fourth-order valence-electron chi connectivity index (χ4n) is 2.85. The first-order valence-electron chi connectivity index (χ1n) is 8.39. The molecule has 0 aliphatic rings. The number of aryl methyl sites for hydroxylation is 1. The van der Waals surface area contributed by atoms with Gasteiger partial charge in [-0.25, -0.2) is 9.78 Å². The molecule has 0 atom stereocenters. The number of nitrogen functional groups attached to an aromatic ring is 1. The number of fused-ring (bicyclic) bond motifs is 1. The lowest BCUT2D eigenvalue weighted by molar-refractivity contribution is -0.392. The Balaban J connectivity index is 2.22. The van der Waals surface area contributed by atoms with Crippen LogP contribution >= 0.6 is 34.2 Å². The van der Waals surface area contributed by atoms with Crippen LogP contribution in [0, 0.1) is 29.3 Å². The highest BCUT2D eigenvalue weighted by molar-refractivity contribution is 14.1. The summed E-state index contributed by atoms with van der Waals surface area (Å²) >= 11 is 8.59. The minimum Gasteiger partial charge on any atom is -0.368 e. The summed E-state index contributed by atoms with van der Waals surface area (Å²) in [5.74, 6) is 5.97. The van der Waals surface area contributed by atoms with Crippen molar-refractivity contribution in [2.75, 3.05) is 5.73 Å². The van der Waals surface area contributed by atoms with E-state index in [1.807, 2.05) is 27.0 Å². The van der Waals surface area contributed by atoms with Gasteiger partial charge in [-0.05, 0) is 36.4 Å². The lowest BCUT2D eigenvalue weighted by Gasteiger charge is -2.05. The second kappa shape index (κ2) is 7.86. The van der Waals surface area contributed by atoms with Gasteiger partial charge in [-0.15, -0.1) is 5.92 Å². The third-order valence-electron chi connectivity index (χ3n) is 4.27. The SMILES string of the molecule is CCC#CCn1c(=O)n(Cc2[nH+]cc(C)c(I)c2C)c2nc(N)nc(Cl)c21. The fourth-order valence-corrected chi connectivity index (χ4v) is 3.61. The standard InChI is InChI=1S/C18H18ClIN6O/c1-4-5-6-7-25-14-15(19)23-17(21)24-16(14)26(18(25)27)9-12-11(3)13(20)10(2)8-22-12/h8H,4,7,9H2,1-3H3,(H2,21,23,24)/p+1. The molecule has 3 N–H and O–H groups in total. The van der Waals surface area contributed by atoms with Gasteiger partial charge < -0.3 is 5.73 Å². The molecule has 3 aromatic heterocycles. The van der Waals surface area contributed by atoms with E-state index in [4.69, 9.17) is 17.3 Å². The van der Waals surface area contributed by atoms with E-state index >= 15 is 0 Å². The van der Waals surface area contributed by atoms with Crippen molar-refractivity contribution in [3.63, 3.8) is 0 Å². The number of aromatic amines is 1. The van der Waals surface area contributed by atoms with Gasteiger partial charge in [0.2, 0.25) is 11.6 Å². The first kappa shape index (κ1) is 19.6. The quantitative estimate of drug-likeness (QED) is 0.341. The summed E-state index contributed by atoms with van der Waals surface area (Å²) in [7, 11) is 0. The Morgan fingerprint density at radius 2 is 2.04 bits per heavy atom. The van der Waals surface area contributed by atoms with Gasteiger partial charge in [0.05, 0.1) is 6.54 Å². The largest absolute Gasteiger partial charge is 0.368 e. The number of nitrogens with zero attached hydrogens (tertiary/aromatic N) is 4. The predicted octanol–water partition coefficient (Wildman–Crippen LogP) is 2.33. The fraction of sp³-hybridized carbons (Fsp3) is 0.333. The maximum absolute atomic E-state index is 13.1. The lowest BCUT2D eigenvalue weighted by atomic mass is 10.1. The summed E-state index contributed by atoms with van der Waals surface area (Å²) in [5, 5.41) is 0.144. The van der Waals surface area contributed by atoms with Gasteiger partial charge in [0.25, 0.3) is 0 Å². The summed E-state index contributed by atoms with van der Waals surface area (Å²) in [6.45, 7) is 6.55. The van der Waals surface area contributed by atoms with Gasteiger partial charge in [-0.3, -0.25) is 9.13 Å². The molecule has 0 spiro atoms. The first-order chi connectivity index (χ1) is 12.8. The van der Waals surface area contributed by atoms with E-state index < -0.39 is 0 Å². The highest BCUT2D eigenvalue weighted by atomic mass is 127. The Labute approximate surface area is 175 Å².